The van der Waals surface area contributed by atoms with Crippen molar-refractivity contribution in [3.8, 4) is 0 Å². The fraction of sp³-hybridized carbons (Fsp3) is 0.923. The van der Waals surface area contributed by atoms with Gasteiger partial charge in [0.2, 0.25) is 0 Å². The van der Waals surface area contributed by atoms with Crippen LogP contribution < -0.4 is 5.48 Å². The fourth-order valence-electron chi connectivity index (χ4n) is 1.92. The number of hydroxylamine groups is 1. The Morgan fingerprint density at radius 3 is 2.67 bits per heavy atom. The van der Waals surface area contributed by atoms with Gasteiger partial charge in [0.25, 0.3) is 0 Å². The van der Waals surface area contributed by atoms with Gasteiger partial charge in [-0.3, -0.25) is 0 Å². The average Bonchev–Trinajstić information content (AvgIpc) is 2.49. The van der Waals surface area contributed by atoms with Gasteiger partial charge in [0.1, 0.15) is 5.60 Å². The van der Waals surface area contributed by atoms with Crippen molar-refractivity contribution in [2.45, 2.75) is 58.6 Å². The van der Waals surface area contributed by atoms with E-state index in [-0.39, 0.29) is 6.09 Å². The summed E-state index contributed by atoms with van der Waals surface area (Å²) in [6.07, 6.45) is 2.70. The molecule has 0 saturated carbocycles. The molecule has 1 fully saturated rings. The molecule has 1 aliphatic heterocycles. The van der Waals surface area contributed by atoms with E-state index in [0.29, 0.717) is 12.6 Å². The summed E-state index contributed by atoms with van der Waals surface area (Å²) in [5.41, 5.74) is 2.62. The zero-order chi connectivity index (χ0) is 13.6. The minimum absolute atomic E-state index is 0.209. The molecule has 0 aromatic carbocycles. The van der Waals surface area contributed by atoms with Crippen molar-refractivity contribution >= 4 is 6.09 Å². The lowest BCUT2D eigenvalue weighted by molar-refractivity contribution is 0.0170. The van der Waals surface area contributed by atoms with Gasteiger partial charge in [0.15, 0.2) is 0 Å². The molecule has 1 saturated heterocycles. The minimum Gasteiger partial charge on any atom is -0.444 e. The molecule has 0 radical (unpaired) electrons. The first kappa shape index (κ1) is 15.2. The Labute approximate surface area is 110 Å². The van der Waals surface area contributed by atoms with E-state index >= 15 is 0 Å². The second-order valence-corrected chi connectivity index (χ2v) is 5.65. The van der Waals surface area contributed by atoms with Gasteiger partial charge < -0.3 is 14.5 Å². The predicted octanol–water partition coefficient (Wildman–Crippen LogP) is 2.32. The van der Waals surface area contributed by atoms with Crippen molar-refractivity contribution in [3.63, 3.8) is 0 Å². The highest BCUT2D eigenvalue weighted by molar-refractivity contribution is 5.68. The molecule has 0 aromatic heterocycles. The second-order valence-electron chi connectivity index (χ2n) is 5.65. The molecule has 1 rings (SSSR count). The van der Waals surface area contributed by atoms with Crippen LogP contribution in [0.4, 0.5) is 4.79 Å². The number of carbonyl (C=O) groups is 1. The maximum atomic E-state index is 11.9. The van der Waals surface area contributed by atoms with Gasteiger partial charge in [-0.1, -0.05) is 0 Å². The molecule has 1 amide bonds. The maximum absolute atomic E-state index is 11.9. The maximum Gasteiger partial charge on any atom is 0.410 e. The Morgan fingerprint density at radius 2 is 2.06 bits per heavy atom. The van der Waals surface area contributed by atoms with Crippen molar-refractivity contribution in [2.24, 2.45) is 0 Å². The van der Waals surface area contributed by atoms with Crippen LogP contribution in [0.25, 0.3) is 0 Å². The normalized spacial score (nSPS) is 21.6. The standard InChI is InChI=1S/C13H26N2O3/c1-5-17-14-11-7-6-9-15(10-8-11)12(16)18-13(2,3)4/h11,14H,5-10H2,1-4H3. The lowest BCUT2D eigenvalue weighted by Gasteiger charge is -2.26. The van der Waals surface area contributed by atoms with Gasteiger partial charge in [-0.25, -0.2) is 4.79 Å². The number of amides is 1. The molecule has 0 aromatic rings. The van der Waals surface area contributed by atoms with Crippen molar-refractivity contribution in [1.82, 2.24) is 10.4 Å². The van der Waals surface area contributed by atoms with E-state index in [2.05, 4.69) is 5.48 Å². The molecule has 0 spiro atoms. The third kappa shape index (κ3) is 5.69. The first-order valence-corrected chi connectivity index (χ1v) is 6.77. The molecule has 0 aliphatic carbocycles. The molecular formula is C13H26N2O3. The summed E-state index contributed by atoms with van der Waals surface area (Å²) in [7, 11) is 0. The molecule has 1 N–H and O–H groups in total. The van der Waals surface area contributed by atoms with E-state index < -0.39 is 5.60 Å². The largest absolute Gasteiger partial charge is 0.444 e. The molecule has 1 atom stereocenters. The molecule has 1 unspecified atom stereocenters. The summed E-state index contributed by atoms with van der Waals surface area (Å²) in [6, 6.07) is 0.331. The summed E-state index contributed by atoms with van der Waals surface area (Å²) >= 11 is 0. The zero-order valence-electron chi connectivity index (χ0n) is 12.0. The monoisotopic (exact) mass is 258 g/mol. The zero-order valence-corrected chi connectivity index (χ0v) is 12.0. The number of carbonyl (C=O) groups excluding carboxylic acids is 1. The Kier molecular flexibility index (Phi) is 5.88. The fourth-order valence-corrected chi connectivity index (χ4v) is 1.92. The molecule has 0 bridgehead atoms. The molecule has 5 nitrogen and oxygen atoms in total. The van der Waals surface area contributed by atoms with E-state index in [4.69, 9.17) is 9.57 Å². The highest BCUT2D eigenvalue weighted by Crippen LogP contribution is 2.15. The number of nitrogens with zero attached hydrogens (tertiary/aromatic N) is 1. The number of rotatable bonds is 3. The number of hydrogen-bond acceptors (Lipinski definition) is 4. The van der Waals surface area contributed by atoms with Crippen molar-refractivity contribution in [2.75, 3.05) is 19.7 Å². The van der Waals surface area contributed by atoms with Gasteiger partial charge in [0.05, 0.1) is 6.61 Å². The summed E-state index contributed by atoms with van der Waals surface area (Å²) in [5, 5.41) is 0. The van der Waals surface area contributed by atoms with Crippen molar-refractivity contribution in [1.29, 1.82) is 0 Å². The van der Waals surface area contributed by atoms with Crippen LogP contribution in [0, 0.1) is 0 Å². The molecule has 1 heterocycles. The molecular weight excluding hydrogens is 232 g/mol. The lowest BCUT2D eigenvalue weighted by atomic mass is 10.1. The Morgan fingerprint density at radius 1 is 1.33 bits per heavy atom. The number of likely N-dealkylation sites (tertiary alicyclic amines) is 1. The Balaban J connectivity index is 2.39. The highest BCUT2D eigenvalue weighted by Gasteiger charge is 2.25. The van der Waals surface area contributed by atoms with E-state index in [1.807, 2.05) is 27.7 Å². The van der Waals surface area contributed by atoms with Crippen LogP contribution in [0.3, 0.4) is 0 Å². The van der Waals surface area contributed by atoms with Crippen LogP contribution in [-0.2, 0) is 9.57 Å². The summed E-state index contributed by atoms with van der Waals surface area (Å²) in [6.45, 7) is 9.77. The van der Waals surface area contributed by atoms with Gasteiger partial charge in [-0.05, 0) is 47.0 Å². The Bertz CT molecular complexity index is 263. The van der Waals surface area contributed by atoms with Crippen molar-refractivity contribution < 1.29 is 14.4 Å². The van der Waals surface area contributed by atoms with Crippen LogP contribution in [0.2, 0.25) is 0 Å². The minimum atomic E-state index is -0.424. The number of ether oxygens (including phenoxy) is 1. The predicted molar refractivity (Wildman–Crippen MR) is 70.2 cm³/mol. The van der Waals surface area contributed by atoms with Gasteiger partial charge in [0, 0.05) is 19.1 Å². The van der Waals surface area contributed by atoms with E-state index in [1.54, 1.807) is 4.90 Å². The van der Waals surface area contributed by atoms with Gasteiger partial charge in [-0.15, -0.1) is 0 Å². The SMILES string of the molecule is CCONC1CCCN(C(=O)OC(C)(C)C)CC1. The number of hydrogen-bond donors (Lipinski definition) is 1. The van der Waals surface area contributed by atoms with E-state index in [0.717, 1.165) is 32.4 Å². The van der Waals surface area contributed by atoms with Crippen molar-refractivity contribution in [3.05, 3.63) is 0 Å². The molecule has 5 heteroatoms. The van der Waals surface area contributed by atoms with Gasteiger partial charge >= 0.3 is 6.09 Å². The second kappa shape index (κ2) is 6.95. The lowest BCUT2D eigenvalue weighted by Crippen LogP contribution is -2.38. The van der Waals surface area contributed by atoms with Crippen LogP contribution in [0.15, 0.2) is 0 Å². The quantitative estimate of drug-likeness (QED) is 0.789. The van der Waals surface area contributed by atoms with Crippen LogP contribution in [0.5, 0.6) is 0 Å². The first-order chi connectivity index (χ1) is 8.42. The number of nitrogens with one attached hydrogen (secondary N) is 1. The first-order valence-electron chi connectivity index (χ1n) is 6.77. The summed E-state index contributed by atoms with van der Waals surface area (Å²) < 4.78 is 5.38. The topological polar surface area (TPSA) is 50.8 Å². The summed E-state index contributed by atoms with van der Waals surface area (Å²) in [4.78, 5) is 18.9. The molecule has 18 heavy (non-hydrogen) atoms. The Hall–Kier alpha value is -0.810. The van der Waals surface area contributed by atoms with Crippen LogP contribution >= 0.6 is 0 Å². The van der Waals surface area contributed by atoms with Gasteiger partial charge in [-0.2, -0.15) is 5.48 Å². The van der Waals surface area contributed by atoms with Crippen LogP contribution in [0.1, 0.15) is 47.0 Å². The third-order valence-electron chi connectivity index (χ3n) is 2.77. The third-order valence-corrected chi connectivity index (χ3v) is 2.77. The molecule has 1 aliphatic rings. The van der Waals surface area contributed by atoms with Crippen LogP contribution in [-0.4, -0.2) is 42.3 Å². The summed E-state index contributed by atoms with van der Waals surface area (Å²) in [5.74, 6) is 0. The van der Waals surface area contributed by atoms with E-state index in [9.17, 15) is 4.79 Å². The van der Waals surface area contributed by atoms with E-state index in [1.165, 1.54) is 0 Å². The average molecular weight is 258 g/mol. The highest BCUT2D eigenvalue weighted by atomic mass is 16.6. The smallest absolute Gasteiger partial charge is 0.410 e. The molecule has 106 valence electrons.